The Morgan fingerprint density at radius 2 is 1.94 bits per heavy atom. The van der Waals surface area contributed by atoms with Crippen molar-refractivity contribution in [3.05, 3.63) is 47.8 Å². The largest absolute Gasteiger partial charge is 0.466 e. The van der Waals surface area contributed by atoms with Crippen molar-refractivity contribution in [2.24, 2.45) is 5.92 Å². The van der Waals surface area contributed by atoms with E-state index >= 15 is 0 Å². The van der Waals surface area contributed by atoms with E-state index in [1.54, 1.807) is 13.1 Å². The normalized spacial score (nSPS) is 16.9. The third-order valence-corrected chi connectivity index (χ3v) is 6.02. The molecule has 0 saturated heterocycles. The zero-order valence-corrected chi connectivity index (χ0v) is 20.6. The fraction of sp³-hybridized carbons (Fsp3) is 0.480. The van der Waals surface area contributed by atoms with Gasteiger partial charge in [-0.05, 0) is 24.3 Å². The number of hydroxylamine groups is 1. The van der Waals surface area contributed by atoms with Gasteiger partial charge in [-0.1, -0.05) is 38.1 Å². The van der Waals surface area contributed by atoms with Gasteiger partial charge in [0, 0.05) is 31.4 Å². The third-order valence-electron chi connectivity index (χ3n) is 6.02. The minimum atomic E-state index is -1.88. The molecule has 0 saturated carbocycles. The number of pyridine rings is 1. The molecular formula is C25H32FN3O6. The number of hydrogen-bond donors (Lipinski definition) is 2. The van der Waals surface area contributed by atoms with E-state index in [0.29, 0.717) is 17.0 Å². The molecule has 1 aliphatic heterocycles. The van der Waals surface area contributed by atoms with Gasteiger partial charge in [-0.15, -0.1) is 0 Å². The van der Waals surface area contributed by atoms with E-state index in [4.69, 9.17) is 19.0 Å². The summed E-state index contributed by atoms with van der Waals surface area (Å²) in [6, 6.07) is 8.49. The molecule has 0 spiro atoms. The van der Waals surface area contributed by atoms with E-state index in [-0.39, 0.29) is 18.9 Å². The summed E-state index contributed by atoms with van der Waals surface area (Å²) >= 11 is 0. The summed E-state index contributed by atoms with van der Waals surface area (Å²) in [5, 5.41) is 4.58. The highest BCUT2D eigenvalue weighted by Gasteiger charge is 2.45. The third kappa shape index (κ3) is 5.44. The average Bonchev–Trinajstić information content (AvgIpc) is 3.31. The molecule has 3 rings (SSSR count). The lowest BCUT2D eigenvalue weighted by atomic mass is 9.92. The zero-order chi connectivity index (χ0) is 25.6. The second-order valence-electron chi connectivity index (χ2n) is 8.39. The first-order valence-electron chi connectivity index (χ1n) is 11.4. The first-order valence-corrected chi connectivity index (χ1v) is 11.4. The standard InChI is InChI=1S/C25H32FN3O6/c1-6-34-19(30)13-18(25(14-26,32-4)33-5)28-24(31)23-20(15(2)3)22(29-35-23)21-17-10-8-7-9-16(17)11-12-27-21/h7-12,15,18,23,29H,6,13-14H2,1-5H3,(H,28,31)/t18?,23-/m0/s1. The first kappa shape index (κ1) is 26.5. The van der Waals surface area contributed by atoms with Gasteiger partial charge in [-0.3, -0.25) is 24.9 Å². The van der Waals surface area contributed by atoms with Crippen LogP contribution in [0, 0.1) is 5.92 Å². The minimum Gasteiger partial charge on any atom is -0.466 e. The molecule has 2 aromatic rings. The number of amides is 1. The van der Waals surface area contributed by atoms with E-state index in [2.05, 4.69) is 15.8 Å². The molecule has 0 fully saturated rings. The van der Waals surface area contributed by atoms with Gasteiger partial charge < -0.3 is 19.5 Å². The van der Waals surface area contributed by atoms with Crippen molar-refractivity contribution >= 4 is 28.3 Å². The topological polar surface area (TPSA) is 108 Å². The van der Waals surface area contributed by atoms with Crippen molar-refractivity contribution in [1.29, 1.82) is 0 Å². The van der Waals surface area contributed by atoms with Crippen LogP contribution in [0.5, 0.6) is 0 Å². The molecule has 0 radical (unpaired) electrons. The van der Waals surface area contributed by atoms with Gasteiger partial charge in [-0.25, -0.2) is 4.39 Å². The summed E-state index contributed by atoms with van der Waals surface area (Å²) in [5.41, 5.74) is 4.78. The number of rotatable bonds is 11. The number of fused-ring (bicyclic) bond motifs is 1. The van der Waals surface area contributed by atoms with Gasteiger partial charge in [0.1, 0.15) is 6.67 Å². The highest BCUT2D eigenvalue weighted by atomic mass is 19.1. The average molecular weight is 490 g/mol. The molecule has 1 unspecified atom stereocenters. The molecule has 10 heteroatoms. The number of carbonyl (C=O) groups is 2. The van der Waals surface area contributed by atoms with Crippen molar-refractivity contribution in [3.8, 4) is 0 Å². The number of carbonyl (C=O) groups excluding carboxylic acids is 2. The lowest BCUT2D eigenvalue weighted by Gasteiger charge is -2.36. The highest BCUT2D eigenvalue weighted by Crippen LogP contribution is 2.34. The molecule has 1 aliphatic rings. The Kier molecular flexibility index (Phi) is 8.76. The number of hydrogen-bond acceptors (Lipinski definition) is 8. The summed E-state index contributed by atoms with van der Waals surface area (Å²) < 4.78 is 29.6. The Labute approximate surface area is 203 Å². The number of alkyl halides is 1. The Balaban J connectivity index is 1.97. The van der Waals surface area contributed by atoms with E-state index < -0.39 is 36.5 Å². The van der Waals surface area contributed by atoms with E-state index in [1.807, 2.05) is 44.2 Å². The Morgan fingerprint density at radius 3 is 2.57 bits per heavy atom. The predicted octanol–water partition coefficient (Wildman–Crippen LogP) is 2.90. The predicted molar refractivity (Wildman–Crippen MR) is 127 cm³/mol. The smallest absolute Gasteiger partial charge is 0.308 e. The van der Waals surface area contributed by atoms with Gasteiger partial charge in [0.05, 0.1) is 30.5 Å². The summed E-state index contributed by atoms with van der Waals surface area (Å²) in [4.78, 5) is 35.9. The van der Waals surface area contributed by atoms with Crippen LogP contribution in [-0.2, 0) is 28.6 Å². The van der Waals surface area contributed by atoms with Gasteiger partial charge in [-0.2, -0.15) is 0 Å². The van der Waals surface area contributed by atoms with Crippen molar-refractivity contribution in [2.75, 3.05) is 27.5 Å². The van der Waals surface area contributed by atoms with Gasteiger partial charge in [0.15, 0.2) is 6.10 Å². The number of ether oxygens (including phenoxy) is 3. The van der Waals surface area contributed by atoms with Crippen LogP contribution < -0.4 is 10.8 Å². The quantitative estimate of drug-likeness (QED) is 0.367. The van der Waals surface area contributed by atoms with Crippen molar-refractivity contribution in [3.63, 3.8) is 0 Å². The zero-order valence-electron chi connectivity index (χ0n) is 20.6. The Morgan fingerprint density at radius 1 is 1.23 bits per heavy atom. The van der Waals surface area contributed by atoms with Crippen LogP contribution in [0.1, 0.15) is 32.9 Å². The molecule has 1 aromatic heterocycles. The van der Waals surface area contributed by atoms with Gasteiger partial charge in [0.25, 0.3) is 5.91 Å². The highest BCUT2D eigenvalue weighted by molar-refractivity contribution is 5.95. The molecule has 2 heterocycles. The maximum atomic E-state index is 14.0. The molecular weight excluding hydrogens is 457 g/mol. The molecule has 0 bridgehead atoms. The lowest BCUT2D eigenvalue weighted by molar-refractivity contribution is -0.235. The number of esters is 1. The summed E-state index contributed by atoms with van der Waals surface area (Å²) in [6.07, 6.45) is 0.283. The maximum Gasteiger partial charge on any atom is 0.308 e. The number of halogens is 1. The molecule has 1 aromatic carbocycles. The first-order chi connectivity index (χ1) is 16.8. The summed E-state index contributed by atoms with van der Waals surface area (Å²) in [6.45, 7) is 4.55. The molecule has 2 N–H and O–H groups in total. The number of methoxy groups -OCH3 is 2. The number of aromatic nitrogens is 1. The van der Waals surface area contributed by atoms with Gasteiger partial charge >= 0.3 is 5.97 Å². The number of benzene rings is 1. The van der Waals surface area contributed by atoms with Crippen LogP contribution in [-0.4, -0.2) is 62.3 Å². The van der Waals surface area contributed by atoms with Crippen LogP contribution in [0.3, 0.4) is 0 Å². The molecule has 35 heavy (non-hydrogen) atoms. The van der Waals surface area contributed by atoms with Crippen LogP contribution in [0.25, 0.3) is 16.5 Å². The Bertz CT molecular complexity index is 1070. The van der Waals surface area contributed by atoms with Crippen LogP contribution >= 0.6 is 0 Å². The van der Waals surface area contributed by atoms with Crippen LogP contribution in [0.15, 0.2) is 42.1 Å². The number of nitrogens with zero attached hydrogens (tertiary/aromatic N) is 1. The fourth-order valence-corrected chi connectivity index (χ4v) is 4.18. The summed E-state index contributed by atoms with van der Waals surface area (Å²) in [7, 11) is 2.48. The van der Waals surface area contributed by atoms with Crippen LogP contribution in [0.2, 0.25) is 0 Å². The second kappa shape index (κ2) is 11.6. The van der Waals surface area contributed by atoms with Crippen molar-refractivity contribution in [2.45, 2.75) is 45.1 Å². The molecule has 9 nitrogen and oxygen atoms in total. The number of nitrogens with one attached hydrogen (secondary N) is 2. The van der Waals surface area contributed by atoms with E-state index in [0.717, 1.165) is 10.8 Å². The van der Waals surface area contributed by atoms with Crippen molar-refractivity contribution < 1.29 is 33.0 Å². The monoisotopic (exact) mass is 489 g/mol. The second-order valence-corrected chi connectivity index (χ2v) is 8.39. The summed E-state index contributed by atoms with van der Waals surface area (Å²) in [5.74, 6) is -3.19. The molecule has 2 atom stereocenters. The van der Waals surface area contributed by atoms with E-state index in [9.17, 15) is 14.0 Å². The molecule has 0 aliphatic carbocycles. The Hall–Kier alpha value is -3.08. The van der Waals surface area contributed by atoms with E-state index in [1.165, 1.54) is 14.2 Å². The fourth-order valence-electron chi connectivity index (χ4n) is 4.18. The van der Waals surface area contributed by atoms with Gasteiger partial charge in [0.2, 0.25) is 5.79 Å². The van der Waals surface area contributed by atoms with Crippen LogP contribution in [0.4, 0.5) is 4.39 Å². The molecule has 190 valence electrons. The molecule has 1 amide bonds. The van der Waals surface area contributed by atoms with Crippen molar-refractivity contribution in [1.82, 2.24) is 15.8 Å². The maximum absolute atomic E-state index is 14.0. The minimum absolute atomic E-state index is 0.101. The SMILES string of the molecule is CCOC(=O)CC(NC(=O)[C@H]1ONC(c2nccc3ccccc23)=C1C(C)C)C(CF)(OC)OC. The lowest BCUT2D eigenvalue weighted by Crippen LogP contribution is -2.59.